The first-order valence-electron chi connectivity index (χ1n) is 17.4. The molecule has 0 aliphatic carbocycles. The molecular formula is C42H34FIrN3O-2. The minimum atomic E-state index is -2.37. The summed E-state index contributed by atoms with van der Waals surface area (Å²) in [5, 5.41) is 1.56. The monoisotopic (exact) mass is 812 g/mol. The molecule has 8 rings (SSSR count). The Hall–Kier alpha value is -4.90. The number of nitrogens with zero attached hydrogens (tertiary/aromatic N) is 3. The summed E-state index contributed by atoms with van der Waals surface area (Å²) < 4.78 is 53.3. The molecule has 0 aliphatic rings. The zero-order valence-electron chi connectivity index (χ0n) is 30.9. The number of imidazole rings is 1. The second-order valence-electron chi connectivity index (χ2n) is 11.7. The van der Waals surface area contributed by atoms with Gasteiger partial charge in [-0.25, -0.2) is 4.39 Å². The van der Waals surface area contributed by atoms with Gasteiger partial charge in [0, 0.05) is 48.9 Å². The molecule has 3 aromatic heterocycles. The van der Waals surface area contributed by atoms with E-state index in [2.05, 4.69) is 78.0 Å². The van der Waals surface area contributed by atoms with Crippen LogP contribution in [0.15, 0.2) is 114 Å². The molecule has 0 saturated carbocycles. The van der Waals surface area contributed by atoms with Gasteiger partial charge in [0.2, 0.25) is 0 Å². The molecule has 6 heteroatoms. The van der Waals surface area contributed by atoms with Gasteiger partial charge in [-0.1, -0.05) is 61.2 Å². The zero-order valence-corrected chi connectivity index (χ0v) is 29.2. The molecule has 0 amide bonds. The Kier molecular flexibility index (Phi) is 8.02. The van der Waals surface area contributed by atoms with E-state index < -0.39 is 18.6 Å². The zero-order chi connectivity index (χ0) is 36.1. The summed E-state index contributed by atoms with van der Waals surface area (Å²) in [4.78, 5) is 9.19. The van der Waals surface area contributed by atoms with Crippen LogP contribution in [-0.2, 0) is 20.1 Å². The minimum absolute atomic E-state index is 0. The van der Waals surface area contributed by atoms with Gasteiger partial charge in [-0.05, 0) is 78.8 Å². The molecular weight excluding hydrogens is 774 g/mol. The number of furan rings is 1. The molecule has 3 heterocycles. The summed E-state index contributed by atoms with van der Waals surface area (Å²) in [6, 6.07) is 38.6. The first-order valence-corrected chi connectivity index (χ1v) is 15.4. The molecule has 1 radical (unpaired) electrons. The molecule has 0 bridgehead atoms. The van der Waals surface area contributed by atoms with Crippen LogP contribution in [0.2, 0.25) is 0 Å². The number of fused-ring (bicyclic) bond motifs is 4. The van der Waals surface area contributed by atoms with Crippen molar-refractivity contribution in [3.63, 3.8) is 0 Å². The SMILES string of the molecule is Cc1cccc(C)c1-n1c(-c2[c-]cccc2)nc2ccccc21.[2H]C([2H])([2H])c1cnc(-c2[c-]ccc3c2oc2cc(F)ccc23)cc1C([2H])(C)C.[Ir]. The van der Waals surface area contributed by atoms with Crippen LogP contribution in [0.4, 0.5) is 4.39 Å². The van der Waals surface area contributed by atoms with Crippen molar-refractivity contribution in [2.75, 3.05) is 0 Å². The smallest absolute Gasteiger partial charge is 0.126 e. The molecule has 0 spiro atoms. The van der Waals surface area contributed by atoms with Gasteiger partial charge in [-0.3, -0.25) is 4.98 Å². The number of rotatable bonds is 4. The molecule has 0 unspecified atom stereocenters. The van der Waals surface area contributed by atoms with Gasteiger partial charge >= 0.3 is 0 Å². The van der Waals surface area contributed by atoms with E-state index in [-0.39, 0.29) is 25.7 Å². The first kappa shape index (κ1) is 28.1. The summed E-state index contributed by atoms with van der Waals surface area (Å²) in [5.41, 5.74) is 9.13. The van der Waals surface area contributed by atoms with Crippen LogP contribution < -0.4 is 0 Å². The number of aryl methyl sites for hydroxylation is 3. The van der Waals surface area contributed by atoms with Crippen molar-refractivity contribution in [1.82, 2.24) is 14.5 Å². The Morgan fingerprint density at radius 2 is 1.65 bits per heavy atom. The summed E-state index contributed by atoms with van der Waals surface area (Å²) in [6.07, 6.45) is 1.29. The molecule has 0 aliphatic heterocycles. The molecule has 0 atom stereocenters. The van der Waals surface area contributed by atoms with Gasteiger partial charge in [0.25, 0.3) is 0 Å². The van der Waals surface area contributed by atoms with E-state index in [1.54, 1.807) is 32.0 Å². The van der Waals surface area contributed by atoms with E-state index in [9.17, 15) is 4.39 Å². The summed E-state index contributed by atoms with van der Waals surface area (Å²) in [7, 11) is 0. The first-order chi connectivity index (χ1) is 24.3. The Bertz CT molecular complexity index is 2530. The van der Waals surface area contributed by atoms with Gasteiger partial charge in [-0.2, -0.15) is 0 Å². The van der Waals surface area contributed by atoms with Gasteiger partial charge in [0.15, 0.2) is 0 Å². The summed E-state index contributed by atoms with van der Waals surface area (Å²) in [6.45, 7) is 5.20. The van der Waals surface area contributed by atoms with Crippen molar-refractivity contribution < 1.29 is 34.4 Å². The van der Waals surface area contributed by atoms with Crippen LogP contribution in [0, 0.1) is 38.6 Å². The number of aromatic nitrogens is 3. The molecule has 5 aromatic carbocycles. The third-order valence-corrected chi connectivity index (χ3v) is 8.27. The van der Waals surface area contributed by atoms with Crippen LogP contribution in [0.3, 0.4) is 0 Å². The quantitative estimate of drug-likeness (QED) is 0.166. The van der Waals surface area contributed by atoms with Gasteiger partial charge in [0.1, 0.15) is 11.4 Å². The number of halogens is 1. The Morgan fingerprint density at radius 1 is 0.854 bits per heavy atom. The van der Waals surface area contributed by atoms with Crippen LogP contribution in [0.1, 0.15) is 47.5 Å². The van der Waals surface area contributed by atoms with Crippen molar-refractivity contribution in [3.8, 4) is 28.3 Å². The van der Waals surface area contributed by atoms with Gasteiger partial charge in [0.05, 0.1) is 22.4 Å². The van der Waals surface area contributed by atoms with Crippen LogP contribution in [0.25, 0.3) is 61.3 Å². The predicted molar refractivity (Wildman–Crippen MR) is 189 cm³/mol. The van der Waals surface area contributed by atoms with E-state index in [1.807, 2.05) is 30.3 Å². The third-order valence-electron chi connectivity index (χ3n) is 8.27. The Labute approximate surface area is 299 Å². The minimum Gasteiger partial charge on any atom is -0.500 e. The van der Waals surface area contributed by atoms with Crippen molar-refractivity contribution in [1.29, 1.82) is 0 Å². The van der Waals surface area contributed by atoms with E-state index in [0.717, 1.165) is 33.2 Å². The maximum absolute atomic E-state index is 13.6. The average Bonchev–Trinajstić information content (AvgIpc) is 3.66. The number of hydrogen-bond acceptors (Lipinski definition) is 3. The van der Waals surface area contributed by atoms with Crippen molar-refractivity contribution in [3.05, 3.63) is 150 Å². The second kappa shape index (κ2) is 13.7. The average molecular weight is 812 g/mol. The molecule has 0 N–H and O–H groups in total. The molecule has 0 fully saturated rings. The van der Waals surface area contributed by atoms with E-state index in [0.29, 0.717) is 28.0 Å². The molecule has 4 nitrogen and oxygen atoms in total. The van der Waals surface area contributed by atoms with Gasteiger partial charge in [-0.15, -0.1) is 54.1 Å². The number of para-hydroxylation sites is 3. The number of benzene rings is 5. The van der Waals surface area contributed by atoms with E-state index in [1.165, 1.54) is 35.1 Å². The van der Waals surface area contributed by atoms with Crippen molar-refractivity contribution in [2.24, 2.45) is 0 Å². The van der Waals surface area contributed by atoms with E-state index >= 15 is 0 Å². The fourth-order valence-electron chi connectivity index (χ4n) is 6.04. The Balaban J connectivity index is 0.000000178. The Morgan fingerprint density at radius 3 is 2.40 bits per heavy atom. The number of hydrogen-bond donors (Lipinski definition) is 0. The van der Waals surface area contributed by atoms with Gasteiger partial charge < -0.3 is 14.0 Å². The molecule has 48 heavy (non-hydrogen) atoms. The second-order valence-corrected chi connectivity index (χ2v) is 11.7. The molecule has 8 aromatic rings. The summed E-state index contributed by atoms with van der Waals surface area (Å²) >= 11 is 0. The fourth-order valence-corrected chi connectivity index (χ4v) is 6.04. The van der Waals surface area contributed by atoms with Crippen LogP contribution >= 0.6 is 0 Å². The standard InChI is InChI=1S/C21H17FNO.C21H17N2.Ir/c1-12(2)18-10-19(23-11-13(18)3)17-6-4-5-16-15-8-7-14(22)9-20(15)24-21(16)17;1-15-9-8-10-16(2)20(15)23-19-14-7-6-13-18(19)22-21(23)17-11-4-3-5-12-17;/h4-5,7-12H,1-3H3;3-11,13-14H,1-2H3;/q2*-1;/i3D3,12D;;. The topological polar surface area (TPSA) is 43.9 Å². The predicted octanol–water partition coefficient (Wildman–Crippen LogP) is 11.1. The summed E-state index contributed by atoms with van der Waals surface area (Å²) in [5.74, 6) is -0.591. The third kappa shape index (κ3) is 6.10. The van der Waals surface area contributed by atoms with Crippen molar-refractivity contribution >= 4 is 33.0 Å². The molecule has 0 saturated heterocycles. The van der Waals surface area contributed by atoms with Crippen molar-refractivity contribution in [2.45, 2.75) is 40.4 Å². The van der Waals surface area contributed by atoms with Crippen LogP contribution in [-0.4, -0.2) is 14.5 Å². The van der Waals surface area contributed by atoms with Crippen LogP contribution in [0.5, 0.6) is 0 Å². The maximum Gasteiger partial charge on any atom is 0.126 e. The maximum atomic E-state index is 13.6. The fraction of sp³-hybridized carbons (Fsp3) is 0.143. The normalized spacial score (nSPS) is 12.9. The number of pyridine rings is 1. The van der Waals surface area contributed by atoms with E-state index in [4.69, 9.17) is 14.9 Å². The largest absolute Gasteiger partial charge is 0.500 e. The molecule has 241 valence electrons.